The van der Waals surface area contributed by atoms with Crippen LogP contribution in [-0.4, -0.2) is 11.1 Å². The first-order valence-corrected chi connectivity index (χ1v) is 7.75. The van der Waals surface area contributed by atoms with E-state index in [-0.39, 0.29) is 17.9 Å². The van der Waals surface area contributed by atoms with E-state index in [4.69, 9.17) is 4.74 Å². The molecule has 3 aromatic rings. The summed E-state index contributed by atoms with van der Waals surface area (Å²) < 4.78 is 5.34. The third kappa shape index (κ3) is 3.46. The van der Waals surface area contributed by atoms with Gasteiger partial charge in [-0.1, -0.05) is 60.7 Å². The van der Waals surface area contributed by atoms with Crippen LogP contribution < -0.4 is 0 Å². The van der Waals surface area contributed by atoms with Gasteiger partial charge in [0.25, 0.3) is 0 Å². The summed E-state index contributed by atoms with van der Waals surface area (Å²) in [7, 11) is 0. The quantitative estimate of drug-likeness (QED) is 0.708. The van der Waals surface area contributed by atoms with Crippen molar-refractivity contribution >= 4 is 5.97 Å². The lowest BCUT2D eigenvalue weighted by molar-refractivity contribution is 0.0469. The van der Waals surface area contributed by atoms with Crippen LogP contribution in [0.4, 0.5) is 0 Å². The van der Waals surface area contributed by atoms with Gasteiger partial charge in [0.05, 0.1) is 0 Å². The molecule has 24 heavy (non-hydrogen) atoms. The number of esters is 1. The summed E-state index contributed by atoms with van der Waals surface area (Å²) in [6.07, 6.45) is 0. The molecule has 3 rings (SSSR count). The molecule has 0 spiro atoms. The molecule has 3 aromatic carbocycles. The molecule has 0 unspecified atom stereocenters. The Hall–Kier alpha value is -3.07. The number of phenolic OH excluding ortho intramolecular Hbond substituents is 1. The molecule has 0 saturated carbocycles. The number of hydrogen-bond donors (Lipinski definition) is 1. The summed E-state index contributed by atoms with van der Waals surface area (Å²) in [4.78, 5) is 12.4. The van der Waals surface area contributed by atoms with E-state index in [9.17, 15) is 9.90 Å². The number of carbonyl (C=O) groups is 1. The van der Waals surface area contributed by atoms with Crippen LogP contribution in [0.3, 0.4) is 0 Å². The van der Waals surface area contributed by atoms with Crippen LogP contribution in [0.1, 0.15) is 21.5 Å². The molecule has 1 N–H and O–H groups in total. The molecule has 0 aromatic heterocycles. The lowest BCUT2D eigenvalue weighted by Crippen LogP contribution is -2.06. The Balaban J connectivity index is 1.88. The van der Waals surface area contributed by atoms with Crippen molar-refractivity contribution in [1.29, 1.82) is 0 Å². The Kier molecular flexibility index (Phi) is 4.62. The van der Waals surface area contributed by atoms with Gasteiger partial charge in [0.2, 0.25) is 0 Å². The highest BCUT2D eigenvalue weighted by Gasteiger charge is 2.18. The minimum atomic E-state index is -0.530. The maximum atomic E-state index is 12.4. The summed E-state index contributed by atoms with van der Waals surface area (Å²) in [5.41, 5.74) is 3.46. The van der Waals surface area contributed by atoms with Crippen LogP contribution in [0.2, 0.25) is 0 Å². The number of rotatable bonds is 4. The molecule has 0 amide bonds. The number of benzene rings is 3. The van der Waals surface area contributed by atoms with Crippen LogP contribution in [0.15, 0.2) is 72.8 Å². The first kappa shape index (κ1) is 15.8. The van der Waals surface area contributed by atoms with Crippen molar-refractivity contribution in [3.8, 4) is 16.9 Å². The molecule has 0 bridgehead atoms. The van der Waals surface area contributed by atoms with Gasteiger partial charge in [-0.05, 0) is 35.7 Å². The molecule has 3 heteroatoms. The average molecular weight is 318 g/mol. The SMILES string of the molecule is Cc1cc(C(=O)OCc2ccccc2)c(O)c(-c2ccccc2)c1. The summed E-state index contributed by atoms with van der Waals surface area (Å²) in [6, 6.07) is 22.5. The fourth-order valence-corrected chi connectivity index (χ4v) is 2.57. The number of aryl methyl sites for hydroxylation is 1. The third-order valence-electron chi connectivity index (χ3n) is 3.77. The summed E-state index contributed by atoms with van der Waals surface area (Å²) in [6.45, 7) is 2.06. The second kappa shape index (κ2) is 7.01. The molecule has 0 saturated heterocycles. The summed E-state index contributed by atoms with van der Waals surface area (Å²) in [5, 5.41) is 10.5. The molecule has 0 aliphatic carbocycles. The monoisotopic (exact) mass is 318 g/mol. The number of ether oxygens (including phenoxy) is 1. The second-order valence-electron chi connectivity index (χ2n) is 5.64. The van der Waals surface area contributed by atoms with E-state index in [1.165, 1.54) is 0 Å². The number of carbonyl (C=O) groups excluding carboxylic acids is 1. The highest BCUT2D eigenvalue weighted by molar-refractivity contribution is 5.95. The minimum Gasteiger partial charge on any atom is -0.506 e. The Morgan fingerprint density at radius 1 is 0.958 bits per heavy atom. The predicted octanol–water partition coefficient (Wildman–Crippen LogP) is 4.72. The van der Waals surface area contributed by atoms with Crippen molar-refractivity contribution in [3.05, 3.63) is 89.5 Å². The first-order chi connectivity index (χ1) is 11.6. The van der Waals surface area contributed by atoms with Crippen molar-refractivity contribution < 1.29 is 14.6 Å². The van der Waals surface area contributed by atoms with E-state index in [1.807, 2.05) is 73.7 Å². The summed E-state index contributed by atoms with van der Waals surface area (Å²) >= 11 is 0. The molecule has 120 valence electrons. The molecule has 3 nitrogen and oxygen atoms in total. The number of aromatic hydroxyl groups is 1. The molecular weight excluding hydrogens is 300 g/mol. The van der Waals surface area contributed by atoms with Crippen LogP contribution in [0.5, 0.6) is 5.75 Å². The second-order valence-corrected chi connectivity index (χ2v) is 5.64. The smallest absolute Gasteiger partial charge is 0.342 e. The van der Waals surface area contributed by atoms with E-state index in [0.29, 0.717) is 5.56 Å². The third-order valence-corrected chi connectivity index (χ3v) is 3.77. The van der Waals surface area contributed by atoms with Crippen LogP contribution in [0.25, 0.3) is 11.1 Å². The van der Waals surface area contributed by atoms with Gasteiger partial charge in [0, 0.05) is 5.56 Å². The van der Waals surface area contributed by atoms with Crippen LogP contribution in [0, 0.1) is 6.92 Å². The predicted molar refractivity (Wildman–Crippen MR) is 93.8 cm³/mol. The van der Waals surface area contributed by atoms with Gasteiger partial charge in [-0.15, -0.1) is 0 Å². The molecule has 0 radical (unpaired) electrons. The molecular formula is C21H18O3. The van der Waals surface area contributed by atoms with Crippen molar-refractivity contribution in [2.24, 2.45) is 0 Å². The highest BCUT2D eigenvalue weighted by atomic mass is 16.5. The largest absolute Gasteiger partial charge is 0.506 e. The van der Waals surface area contributed by atoms with Gasteiger partial charge in [0.1, 0.15) is 17.9 Å². The first-order valence-electron chi connectivity index (χ1n) is 7.75. The van der Waals surface area contributed by atoms with Crippen molar-refractivity contribution in [1.82, 2.24) is 0 Å². The van der Waals surface area contributed by atoms with E-state index in [2.05, 4.69) is 0 Å². The molecule has 0 aliphatic rings. The zero-order valence-corrected chi connectivity index (χ0v) is 13.4. The van der Waals surface area contributed by atoms with Crippen LogP contribution >= 0.6 is 0 Å². The number of hydrogen-bond acceptors (Lipinski definition) is 3. The van der Waals surface area contributed by atoms with E-state index >= 15 is 0 Å². The maximum Gasteiger partial charge on any atom is 0.342 e. The van der Waals surface area contributed by atoms with Crippen molar-refractivity contribution in [3.63, 3.8) is 0 Å². The summed E-state index contributed by atoms with van der Waals surface area (Å²) in [5.74, 6) is -0.581. The van der Waals surface area contributed by atoms with Gasteiger partial charge in [-0.3, -0.25) is 0 Å². The normalized spacial score (nSPS) is 10.4. The number of phenols is 1. The van der Waals surface area contributed by atoms with Gasteiger partial charge in [-0.2, -0.15) is 0 Å². The standard InChI is InChI=1S/C21H18O3/c1-15-12-18(17-10-6-3-7-11-17)20(22)19(13-15)21(23)24-14-16-8-4-2-5-9-16/h2-13,22H,14H2,1H3. The van der Waals surface area contributed by atoms with E-state index in [1.54, 1.807) is 6.07 Å². The lowest BCUT2D eigenvalue weighted by Gasteiger charge is -2.12. The Bertz CT molecular complexity index is 840. The topological polar surface area (TPSA) is 46.5 Å². The van der Waals surface area contributed by atoms with E-state index < -0.39 is 5.97 Å². The Morgan fingerprint density at radius 2 is 1.58 bits per heavy atom. The van der Waals surface area contributed by atoms with Gasteiger partial charge in [0.15, 0.2) is 0 Å². The van der Waals surface area contributed by atoms with Crippen molar-refractivity contribution in [2.45, 2.75) is 13.5 Å². The van der Waals surface area contributed by atoms with Crippen LogP contribution in [-0.2, 0) is 11.3 Å². The van der Waals surface area contributed by atoms with Gasteiger partial charge >= 0.3 is 5.97 Å². The zero-order chi connectivity index (χ0) is 16.9. The Morgan fingerprint density at radius 3 is 2.25 bits per heavy atom. The fraction of sp³-hybridized carbons (Fsp3) is 0.0952. The Labute approximate surface area is 141 Å². The fourth-order valence-electron chi connectivity index (χ4n) is 2.57. The minimum absolute atomic E-state index is 0.0511. The maximum absolute atomic E-state index is 12.4. The molecule has 0 heterocycles. The molecule has 0 aliphatic heterocycles. The molecule has 0 atom stereocenters. The zero-order valence-electron chi connectivity index (χ0n) is 13.4. The van der Waals surface area contributed by atoms with E-state index in [0.717, 1.165) is 16.7 Å². The van der Waals surface area contributed by atoms with Gasteiger partial charge < -0.3 is 9.84 Å². The van der Waals surface area contributed by atoms with Gasteiger partial charge in [-0.25, -0.2) is 4.79 Å². The molecule has 0 fully saturated rings. The highest BCUT2D eigenvalue weighted by Crippen LogP contribution is 2.34. The average Bonchev–Trinajstić information content (AvgIpc) is 2.63. The van der Waals surface area contributed by atoms with Crippen molar-refractivity contribution in [2.75, 3.05) is 0 Å². The lowest BCUT2D eigenvalue weighted by atomic mass is 9.98.